The summed E-state index contributed by atoms with van der Waals surface area (Å²) in [5.41, 5.74) is 0.923. The monoisotopic (exact) mass is 382 g/mol. The van der Waals surface area contributed by atoms with Gasteiger partial charge in [0.1, 0.15) is 5.82 Å². The molecule has 144 valence electrons. The Labute approximate surface area is 155 Å². The SMILES string of the molecule is O=C(CN1CCS(=O)(=O)CC1)N(Cc1ccc(F)cc1)C1CCCCC1. The van der Waals surface area contributed by atoms with Gasteiger partial charge in [-0.1, -0.05) is 31.4 Å². The molecule has 1 saturated carbocycles. The second-order valence-corrected chi connectivity index (χ2v) is 9.67. The number of rotatable bonds is 5. The van der Waals surface area contributed by atoms with E-state index in [-0.39, 0.29) is 35.8 Å². The van der Waals surface area contributed by atoms with Crippen LogP contribution in [0, 0.1) is 5.82 Å². The molecule has 0 spiro atoms. The average Bonchev–Trinajstić information content (AvgIpc) is 2.63. The standard InChI is InChI=1S/C19H27FN2O3S/c20-17-8-6-16(7-9-17)14-22(18-4-2-1-3-5-18)19(23)15-21-10-12-26(24,25)13-11-21/h6-9,18H,1-5,10-15H2. The van der Waals surface area contributed by atoms with Crippen LogP contribution in [-0.2, 0) is 21.2 Å². The molecule has 0 atom stereocenters. The van der Waals surface area contributed by atoms with Gasteiger partial charge in [-0.15, -0.1) is 0 Å². The molecule has 0 radical (unpaired) electrons. The lowest BCUT2D eigenvalue weighted by atomic mass is 9.93. The Morgan fingerprint density at radius 2 is 1.69 bits per heavy atom. The van der Waals surface area contributed by atoms with E-state index >= 15 is 0 Å². The molecule has 0 unspecified atom stereocenters. The number of carbonyl (C=O) groups excluding carboxylic acids is 1. The van der Waals surface area contributed by atoms with Crippen molar-refractivity contribution in [3.8, 4) is 0 Å². The molecule has 7 heteroatoms. The van der Waals surface area contributed by atoms with Crippen LogP contribution in [0.15, 0.2) is 24.3 Å². The summed E-state index contributed by atoms with van der Waals surface area (Å²) < 4.78 is 36.3. The van der Waals surface area contributed by atoms with Gasteiger partial charge < -0.3 is 4.90 Å². The molecule has 1 aromatic carbocycles. The van der Waals surface area contributed by atoms with E-state index in [0.29, 0.717) is 19.6 Å². The number of sulfone groups is 1. The summed E-state index contributed by atoms with van der Waals surface area (Å²) in [5, 5.41) is 0. The Bertz CT molecular complexity index is 701. The Balaban J connectivity index is 1.67. The first kappa shape index (κ1) is 19.3. The van der Waals surface area contributed by atoms with Crippen LogP contribution >= 0.6 is 0 Å². The van der Waals surface area contributed by atoms with Crippen LogP contribution in [0.1, 0.15) is 37.7 Å². The number of halogens is 1. The van der Waals surface area contributed by atoms with E-state index in [9.17, 15) is 17.6 Å². The van der Waals surface area contributed by atoms with Crippen LogP contribution in [-0.4, -0.2) is 61.3 Å². The summed E-state index contributed by atoms with van der Waals surface area (Å²) in [6.07, 6.45) is 5.46. The Morgan fingerprint density at radius 3 is 2.31 bits per heavy atom. The zero-order valence-electron chi connectivity index (χ0n) is 15.1. The fourth-order valence-electron chi connectivity index (χ4n) is 3.79. The Hall–Kier alpha value is -1.47. The van der Waals surface area contributed by atoms with Gasteiger partial charge in [0.15, 0.2) is 9.84 Å². The predicted octanol–water partition coefficient (Wildman–Crippen LogP) is 2.22. The molecule has 3 rings (SSSR count). The van der Waals surface area contributed by atoms with E-state index in [1.54, 1.807) is 12.1 Å². The van der Waals surface area contributed by atoms with Crippen LogP contribution in [0.5, 0.6) is 0 Å². The molecule has 0 N–H and O–H groups in total. The molecule has 0 aromatic heterocycles. The second kappa shape index (κ2) is 8.48. The molecule has 1 aliphatic heterocycles. The smallest absolute Gasteiger partial charge is 0.237 e. The maximum atomic E-state index is 13.2. The van der Waals surface area contributed by atoms with Crippen molar-refractivity contribution in [2.75, 3.05) is 31.1 Å². The fourth-order valence-corrected chi connectivity index (χ4v) is 5.07. The van der Waals surface area contributed by atoms with E-state index < -0.39 is 9.84 Å². The molecular formula is C19H27FN2O3S. The first-order valence-corrected chi connectivity index (χ1v) is 11.2. The van der Waals surface area contributed by atoms with Gasteiger partial charge in [-0.2, -0.15) is 0 Å². The van der Waals surface area contributed by atoms with Gasteiger partial charge in [0.2, 0.25) is 5.91 Å². The molecule has 1 saturated heterocycles. The third-order valence-electron chi connectivity index (χ3n) is 5.40. The van der Waals surface area contributed by atoms with Crippen molar-refractivity contribution in [1.29, 1.82) is 0 Å². The van der Waals surface area contributed by atoms with Crippen LogP contribution in [0.2, 0.25) is 0 Å². The maximum absolute atomic E-state index is 13.2. The van der Waals surface area contributed by atoms with Crippen molar-refractivity contribution >= 4 is 15.7 Å². The summed E-state index contributed by atoms with van der Waals surface area (Å²) in [7, 11) is -2.95. The highest BCUT2D eigenvalue weighted by Crippen LogP contribution is 2.24. The van der Waals surface area contributed by atoms with E-state index in [1.807, 2.05) is 9.80 Å². The lowest BCUT2D eigenvalue weighted by molar-refractivity contribution is -0.136. The number of carbonyl (C=O) groups is 1. The summed E-state index contributed by atoms with van der Waals surface area (Å²) in [6.45, 7) is 1.58. The maximum Gasteiger partial charge on any atom is 0.237 e. The highest BCUT2D eigenvalue weighted by Gasteiger charge is 2.29. The largest absolute Gasteiger partial charge is 0.334 e. The number of nitrogens with zero attached hydrogens (tertiary/aromatic N) is 2. The fraction of sp³-hybridized carbons (Fsp3) is 0.632. The van der Waals surface area contributed by atoms with Crippen molar-refractivity contribution in [3.63, 3.8) is 0 Å². The topological polar surface area (TPSA) is 57.7 Å². The summed E-state index contributed by atoms with van der Waals surface area (Å²) in [4.78, 5) is 16.9. The molecule has 5 nitrogen and oxygen atoms in total. The van der Waals surface area contributed by atoms with Crippen molar-refractivity contribution in [3.05, 3.63) is 35.6 Å². The number of hydrogen-bond acceptors (Lipinski definition) is 4. The van der Waals surface area contributed by atoms with E-state index in [0.717, 1.165) is 31.2 Å². The van der Waals surface area contributed by atoms with Crippen molar-refractivity contribution < 1.29 is 17.6 Å². The molecule has 2 aliphatic rings. The van der Waals surface area contributed by atoms with Gasteiger partial charge in [0.05, 0.1) is 18.1 Å². The van der Waals surface area contributed by atoms with E-state index in [1.165, 1.54) is 18.6 Å². The minimum absolute atomic E-state index is 0.0422. The third kappa shape index (κ3) is 5.27. The van der Waals surface area contributed by atoms with Crippen molar-refractivity contribution in [2.24, 2.45) is 0 Å². The Kier molecular flexibility index (Phi) is 6.29. The second-order valence-electron chi connectivity index (χ2n) is 7.37. The molecular weight excluding hydrogens is 355 g/mol. The molecule has 2 fully saturated rings. The van der Waals surface area contributed by atoms with Gasteiger partial charge in [-0.25, -0.2) is 12.8 Å². The van der Waals surface area contributed by atoms with Gasteiger partial charge in [0, 0.05) is 25.7 Å². The van der Waals surface area contributed by atoms with Crippen LogP contribution in [0.4, 0.5) is 4.39 Å². The van der Waals surface area contributed by atoms with Crippen molar-refractivity contribution in [1.82, 2.24) is 9.80 Å². The quantitative estimate of drug-likeness (QED) is 0.784. The molecule has 1 heterocycles. The highest BCUT2D eigenvalue weighted by atomic mass is 32.2. The normalized spacial score (nSPS) is 21.4. The summed E-state index contributed by atoms with van der Waals surface area (Å²) >= 11 is 0. The number of amides is 1. The first-order chi connectivity index (χ1) is 12.4. The number of hydrogen-bond donors (Lipinski definition) is 0. The lowest BCUT2D eigenvalue weighted by Gasteiger charge is -2.36. The van der Waals surface area contributed by atoms with Gasteiger partial charge in [-0.05, 0) is 30.5 Å². The number of benzene rings is 1. The minimum Gasteiger partial charge on any atom is -0.334 e. The third-order valence-corrected chi connectivity index (χ3v) is 7.01. The zero-order chi connectivity index (χ0) is 18.6. The van der Waals surface area contributed by atoms with Crippen molar-refractivity contribution in [2.45, 2.75) is 44.7 Å². The minimum atomic E-state index is -2.95. The van der Waals surface area contributed by atoms with Gasteiger partial charge in [-0.3, -0.25) is 9.69 Å². The lowest BCUT2D eigenvalue weighted by Crippen LogP contribution is -2.49. The van der Waals surface area contributed by atoms with Crippen LogP contribution < -0.4 is 0 Å². The van der Waals surface area contributed by atoms with Crippen LogP contribution in [0.25, 0.3) is 0 Å². The highest BCUT2D eigenvalue weighted by molar-refractivity contribution is 7.91. The van der Waals surface area contributed by atoms with E-state index in [2.05, 4.69) is 0 Å². The predicted molar refractivity (Wildman–Crippen MR) is 98.9 cm³/mol. The molecule has 1 aromatic rings. The van der Waals surface area contributed by atoms with Crippen LogP contribution in [0.3, 0.4) is 0 Å². The molecule has 0 bridgehead atoms. The molecule has 26 heavy (non-hydrogen) atoms. The van der Waals surface area contributed by atoms with Gasteiger partial charge >= 0.3 is 0 Å². The van der Waals surface area contributed by atoms with Gasteiger partial charge in [0.25, 0.3) is 0 Å². The molecule has 1 amide bonds. The molecule has 1 aliphatic carbocycles. The Morgan fingerprint density at radius 1 is 1.08 bits per heavy atom. The summed E-state index contributed by atoms with van der Waals surface area (Å²) in [5.74, 6) is 0.0166. The van der Waals surface area contributed by atoms with E-state index in [4.69, 9.17) is 0 Å². The first-order valence-electron chi connectivity index (χ1n) is 9.40. The summed E-state index contributed by atoms with van der Waals surface area (Å²) in [6, 6.07) is 6.52. The average molecular weight is 383 g/mol. The zero-order valence-corrected chi connectivity index (χ0v) is 15.9.